The molecule has 2 amide bonds. The average molecular weight is 294 g/mol. The van der Waals surface area contributed by atoms with Crippen LogP contribution >= 0.6 is 0 Å². The molecule has 1 aromatic carbocycles. The van der Waals surface area contributed by atoms with Crippen LogP contribution in [-0.4, -0.2) is 30.3 Å². The smallest absolute Gasteiger partial charge is 0.326 e. The summed E-state index contributed by atoms with van der Waals surface area (Å²) in [5.74, 6) is -0.175. The molecule has 0 radical (unpaired) electrons. The molecule has 0 fully saturated rings. The van der Waals surface area contributed by atoms with Gasteiger partial charge in [0.1, 0.15) is 11.8 Å². The number of urea groups is 1. The van der Waals surface area contributed by atoms with Crippen molar-refractivity contribution in [2.75, 3.05) is 7.11 Å². The van der Waals surface area contributed by atoms with E-state index in [0.29, 0.717) is 12.2 Å². The lowest BCUT2D eigenvalue weighted by Crippen LogP contribution is -2.46. The molecule has 6 nitrogen and oxygen atoms in total. The van der Waals surface area contributed by atoms with Gasteiger partial charge in [-0.2, -0.15) is 0 Å². The third-order valence-corrected chi connectivity index (χ3v) is 2.94. The first-order chi connectivity index (χ1) is 9.93. The fraction of sp³-hybridized carbons (Fsp3) is 0.467. The monoisotopic (exact) mass is 294 g/mol. The lowest BCUT2D eigenvalue weighted by molar-refractivity contribution is -0.139. The predicted molar refractivity (Wildman–Crippen MR) is 79.2 cm³/mol. The summed E-state index contributed by atoms with van der Waals surface area (Å²) in [4.78, 5) is 22.9. The van der Waals surface area contributed by atoms with Crippen LogP contribution in [0.2, 0.25) is 0 Å². The summed E-state index contributed by atoms with van der Waals surface area (Å²) in [6.45, 7) is 4.08. The number of nitrogens with one attached hydrogen (secondary N) is 2. The molecule has 1 aromatic rings. The van der Waals surface area contributed by atoms with E-state index in [2.05, 4.69) is 10.6 Å². The highest BCUT2D eigenvalue weighted by Gasteiger charge is 2.20. The van der Waals surface area contributed by atoms with Crippen LogP contribution in [0.4, 0.5) is 4.79 Å². The fourth-order valence-electron chi connectivity index (χ4n) is 1.93. The summed E-state index contributed by atoms with van der Waals surface area (Å²) in [6.07, 6.45) is 0.386. The molecule has 6 heteroatoms. The van der Waals surface area contributed by atoms with E-state index in [1.165, 1.54) is 0 Å². The largest absolute Gasteiger partial charge is 0.496 e. The molecule has 116 valence electrons. The second-order valence-corrected chi connectivity index (χ2v) is 5.16. The minimum Gasteiger partial charge on any atom is -0.496 e. The van der Waals surface area contributed by atoms with E-state index in [1.54, 1.807) is 13.2 Å². The molecule has 0 bridgehead atoms. The molecule has 0 unspecified atom stereocenters. The highest BCUT2D eigenvalue weighted by molar-refractivity contribution is 5.82. The number of methoxy groups -OCH3 is 1. The number of hydrogen-bond donors (Lipinski definition) is 3. The van der Waals surface area contributed by atoms with Crippen LogP contribution < -0.4 is 15.4 Å². The maximum Gasteiger partial charge on any atom is 0.326 e. The lowest BCUT2D eigenvalue weighted by Gasteiger charge is -2.17. The van der Waals surface area contributed by atoms with Gasteiger partial charge in [-0.1, -0.05) is 32.0 Å². The third kappa shape index (κ3) is 5.72. The zero-order chi connectivity index (χ0) is 15.8. The number of hydrogen-bond acceptors (Lipinski definition) is 3. The molecule has 3 N–H and O–H groups in total. The summed E-state index contributed by atoms with van der Waals surface area (Å²) in [5.41, 5.74) is 0.825. The summed E-state index contributed by atoms with van der Waals surface area (Å²) >= 11 is 0. The van der Waals surface area contributed by atoms with Gasteiger partial charge in [0.15, 0.2) is 0 Å². The van der Waals surface area contributed by atoms with Crippen molar-refractivity contribution < 1.29 is 19.4 Å². The quantitative estimate of drug-likeness (QED) is 0.717. The first-order valence-corrected chi connectivity index (χ1v) is 6.83. The third-order valence-electron chi connectivity index (χ3n) is 2.94. The van der Waals surface area contributed by atoms with E-state index < -0.39 is 18.0 Å². The van der Waals surface area contributed by atoms with Gasteiger partial charge in [0, 0.05) is 12.1 Å². The van der Waals surface area contributed by atoms with Crippen molar-refractivity contribution in [2.24, 2.45) is 5.92 Å². The van der Waals surface area contributed by atoms with Crippen molar-refractivity contribution in [1.29, 1.82) is 0 Å². The van der Waals surface area contributed by atoms with Crippen molar-refractivity contribution >= 4 is 12.0 Å². The number of ether oxygens (including phenoxy) is 1. The average Bonchev–Trinajstić information content (AvgIpc) is 2.44. The highest BCUT2D eigenvalue weighted by Crippen LogP contribution is 2.16. The Labute approximate surface area is 124 Å². The Morgan fingerprint density at radius 2 is 1.95 bits per heavy atom. The second-order valence-electron chi connectivity index (χ2n) is 5.16. The van der Waals surface area contributed by atoms with Gasteiger partial charge < -0.3 is 20.5 Å². The van der Waals surface area contributed by atoms with Crippen molar-refractivity contribution in [3.05, 3.63) is 29.8 Å². The van der Waals surface area contributed by atoms with Crippen LogP contribution in [0.1, 0.15) is 25.8 Å². The molecule has 0 aliphatic rings. The molecule has 1 rings (SSSR count). The summed E-state index contributed by atoms with van der Waals surface area (Å²) in [7, 11) is 1.56. The zero-order valence-corrected chi connectivity index (χ0v) is 12.6. The number of amides is 2. The van der Waals surface area contributed by atoms with Crippen LogP contribution in [0.25, 0.3) is 0 Å². The van der Waals surface area contributed by atoms with Gasteiger partial charge >= 0.3 is 12.0 Å². The van der Waals surface area contributed by atoms with E-state index in [4.69, 9.17) is 9.84 Å². The Hall–Kier alpha value is -2.24. The van der Waals surface area contributed by atoms with Crippen molar-refractivity contribution in [1.82, 2.24) is 10.6 Å². The number of carbonyl (C=O) groups is 2. The number of aliphatic carboxylic acids is 1. The Morgan fingerprint density at radius 1 is 1.29 bits per heavy atom. The number of benzene rings is 1. The Bertz CT molecular complexity index is 488. The summed E-state index contributed by atoms with van der Waals surface area (Å²) in [6, 6.07) is 5.92. The zero-order valence-electron chi connectivity index (χ0n) is 12.6. The molecule has 0 saturated carbocycles. The Balaban J connectivity index is 2.54. The topological polar surface area (TPSA) is 87.7 Å². The molecule has 21 heavy (non-hydrogen) atoms. The number of carbonyl (C=O) groups excluding carboxylic acids is 1. The maximum absolute atomic E-state index is 11.8. The number of rotatable bonds is 7. The molecule has 0 spiro atoms. The second kappa shape index (κ2) is 8.14. The van der Waals surface area contributed by atoms with Gasteiger partial charge in [-0.15, -0.1) is 0 Å². The Morgan fingerprint density at radius 3 is 2.52 bits per heavy atom. The minimum absolute atomic E-state index is 0.181. The van der Waals surface area contributed by atoms with Gasteiger partial charge in [0.05, 0.1) is 7.11 Å². The van der Waals surface area contributed by atoms with E-state index in [0.717, 1.165) is 5.56 Å². The highest BCUT2D eigenvalue weighted by atomic mass is 16.5. The van der Waals surface area contributed by atoms with Crippen molar-refractivity contribution in [3.63, 3.8) is 0 Å². The van der Waals surface area contributed by atoms with Crippen LogP contribution in [0.3, 0.4) is 0 Å². The van der Waals surface area contributed by atoms with Crippen molar-refractivity contribution in [2.45, 2.75) is 32.9 Å². The first-order valence-electron chi connectivity index (χ1n) is 6.83. The Kier molecular flexibility index (Phi) is 6.52. The van der Waals surface area contributed by atoms with E-state index >= 15 is 0 Å². The summed E-state index contributed by atoms with van der Waals surface area (Å²) in [5, 5.41) is 14.2. The first kappa shape index (κ1) is 16.8. The maximum atomic E-state index is 11.8. The van der Waals surface area contributed by atoms with Gasteiger partial charge in [-0.3, -0.25) is 0 Å². The molecule has 0 saturated heterocycles. The normalized spacial score (nSPS) is 11.8. The van der Waals surface area contributed by atoms with Gasteiger partial charge in [-0.25, -0.2) is 9.59 Å². The predicted octanol–water partition coefficient (Wildman–Crippen LogP) is 1.99. The van der Waals surface area contributed by atoms with E-state index in [9.17, 15) is 9.59 Å². The molecule has 0 heterocycles. The molecular weight excluding hydrogens is 272 g/mol. The minimum atomic E-state index is -1.03. The standard InChI is InChI=1S/C15H22N2O4/c1-10(2)8-12(14(18)19)17-15(20)16-9-11-6-4-5-7-13(11)21-3/h4-7,10,12H,8-9H2,1-3H3,(H,18,19)(H2,16,17,20)/t12-/m0/s1. The van der Waals surface area contributed by atoms with Crippen LogP contribution in [0, 0.1) is 5.92 Å². The van der Waals surface area contributed by atoms with Crippen LogP contribution in [0.5, 0.6) is 5.75 Å². The SMILES string of the molecule is COc1ccccc1CNC(=O)N[C@@H](CC(C)C)C(=O)O. The van der Waals surface area contributed by atoms with Crippen LogP contribution in [-0.2, 0) is 11.3 Å². The molecule has 1 atom stereocenters. The number of para-hydroxylation sites is 1. The van der Waals surface area contributed by atoms with Crippen LogP contribution in [0.15, 0.2) is 24.3 Å². The number of carboxylic acid groups (broad SMARTS) is 1. The lowest BCUT2D eigenvalue weighted by atomic mass is 10.0. The van der Waals surface area contributed by atoms with E-state index in [1.807, 2.05) is 32.0 Å². The molecular formula is C15H22N2O4. The molecule has 0 aromatic heterocycles. The molecule has 0 aliphatic carbocycles. The van der Waals surface area contributed by atoms with Gasteiger partial charge in [0.2, 0.25) is 0 Å². The molecule has 0 aliphatic heterocycles. The van der Waals surface area contributed by atoms with Gasteiger partial charge in [0.25, 0.3) is 0 Å². The fourth-order valence-corrected chi connectivity index (χ4v) is 1.93. The van der Waals surface area contributed by atoms with Crippen molar-refractivity contribution in [3.8, 4) is 5.75 Å². The van der Waals surface area contributed by atoms with E-state index in [-0.39, 0.29) is 12.5 Å². The number of carboxylic acids is 1. The summed E-state index contributed by atoms with van der Waals surface area (Å²) < 4.78 is 5.18. The van der Waals surface area contributed by atoms with Gasteiger partial charge in [-0.05, 0) is 18.4 Å².